The van der Waals surface area contributed by atoms with Crippen molar-refractivity contribution in [3.05, 3.63) is 20.8 Å². The first kappa shape index (κ1) is 19.0. The van der Waals surface area contributed by atoms with Gasteiger partial charge in [-0.15, -0.1) is 16.4 Å². The van der Waals surface area contributed by atoms with E-state index < -0.39 is 0 Å². The van der Waals surface area contributed by atoms with E-state index in [1.165, 1.54) is 4.88 Å². The molecule has 0 radical (unpaired) electrons. The smallest absolute Gasteiger partial charge is 0.279 e. The van der Waals surface area contributed by atoms with Crippen molar-refractivity contribution in [2.24, 2.45) is 11.3 Å². The van der Waals surface area contributed by atoms with E-state index in [1.807, 2.05) is 0 Å². The number of hydrogen-bond acceptors (Lipinski definition) is 6. The van der Waals surface area contributed by atoms with Crippen molar-refractivity contribution < 1.29 is 9.53 Å². The van der Waals surface area contributed by atoms with Crippen LogP contribution in [0.2, 0.25) is 0 Å². The van der Waals surface area contributed by atoms with E-state index in [4.69, 9.17) is 4.74 Å². The van der Waals surface area contributed by atoms with Gasteiger partial charge in [-0.3, -0.25) is 9.59 Å². The molecule has 0 saturated heterocycles. The second-order valence-corrected chi connectivity index (χ2v) is 8.97. The molecule has 0 fully saturated rings. The highest BCUT2D eigenvalue weighted by molar-refractivity contribution is 7.18. The molecule has 0 spiro atoms. The van der Waals surface area contributed by atoms with E-state index in [2.05, 4.69) is 36.4 Å². The fraction of sp³-hybridized carbons (Fsp3) is 0.667. The molecule has 1 unspecified atom stereocenters. The van der Waals surface area contributed by atoms with Gasteiger partial charge in [-0.2, -0.15) is 0 Å². The molecule has 1 amide bonds. The van der Waals surface area contributed by atoms with Crippen LogP contribution in [0.5, 0.6) is 0 Å². The van der Waals surface area contributed by atoms with Gasteiger partial charge >= 0.3 is 0 Å². The van der Waals surface area contributed by atoms with Gasteiger partial charge in [0, 0.05) is 18.5 Å². The van der Waals surface area contributed by atoms with Crippen molar-refractivity contribution >= 4 is 27.5 Å². The topological polar surface area (TPSA) is 86.1 Å². The molecule has 2 aromatic rings. The fourth-order valence-electron chi connectivity index (χ4n) is 3.45. The summed E-state index contributed by atoms with van der Waals surface area (Å²) in [5.74, 6) is 0.333. The van der Waals surface area contributed by atoms with E-state index in [9.17, 15) is 9.59 Å². The second-order valence-electron chi connectivity index (χ2n) is 7.88. The van der Waals surface area contributed by atoms with E-state index in [0.29, 0.717) is 29.3 Å². The van der Waals surface area contributed by atoms with Gasteiger partial charge in [-0.1, -0.05) is 26.0 Å². The Morgan fingerprint density at radius 1 is 1.42 bits per heavy atom. The maximum absolute atomic E-state index is 12.9. The first-order chi connectivity index (χ1) is 12.3. The van der Waals surface area contributed by atoms with Crippen molar-refractivity contribution in [1.29, 1.82) is 0 Å². The number of hydrogen-bond donors (Lipinski definition) is 1. The molecular weight excluding hydrogens is 352 g/mol. The minimum atomic E-state index is -0.269. The number of nitrogens with one attached hydrogen (secondary N) is 1. The van der Waals surface area contributed by atoms with Crippen LogP contribution in [-0.4, -0.2) is 41.2 Å². The van der Waals surface area contributed by atoms with Gasteiger partial charge in [0.2, 0.25) is 5.91 Å². The molecule has 1 atom stereocenters. The fourth-order valence-corrected chi connectivity index (χ4v) is 4.69. The molecule has 3 rings (SSSR count). The van der Waals surface area contributed by atoms with E-state index in [0.717, 1.165) is 29.5 Å². The summed E-state index contributed by atoms with van der Waals surface area (Å²) in [5.41, 5.74) is 1.14. The molecule has 8 heteroatoms. The van der Waals surface area contributed by atoms with Crippen LogP contribution in [-0.2, 0) is 28.9 Å². The second kappa shape index (κ2) is 7.44. The maximum Gasteiger partial charge on any atom is 0.279 e. The van der Waals surface area contributed by atoms with Crippen LogP contribution in [0.1, 0.15) is 37.6 Å². The Hall–Kier alpha value is -1.80. The van der Waals surface area contributed by atoms with Crippen molar-refractivity contribution in [2.75, 3.05) is 20.3 Å². The lowest BCUT2D eigenvalue weighted by Gasteiger charge is -2.33. The van der Waals surface area contributed by atoms with Gasteiger partial charge in [0.05, 0.1) is 12.0 Å². The molecule has 1 N–H and O–H groups in total. The summed E-state index contributed by atoms with van der Waals surface area (Å²) < 4.78 is 6.06. The first-order valence-electron chi connectivity index (χ1n) is 8.95. The lowest BCUT2D eigenvalue weighted by molar-refractivity contribution is -0.122. The highest BCUT2D eigenvalue weighted by Gasteiger charge is 2.32. The zero-order valence-corrected chi connectivity index (χ0v) is 16.6. The number of aromatic nitrogens is 3. The summed E-state index contributed by atoms with van der Waals surface area (Å²) in [7, 11) is 1.57. The van der Waals surface area contributed by atoms with Crippen LogP contribution >= 0.6 is 11.3 Å². The third-order valence-corrected chi connectivity index (χ3v) is 6.22. The number of fused-ring (bicyclic) bond motifs is 3. The number of nitrogens with zero attached hydrogens (tertiary/aromatic N) is 3. The predicted molar refractivity (Wildman–Crippen MR) is 102 cm³/mol. The third-order valence-electron chi connectivity index (χ3n) is 5.08. The summed E-state index contributed by atoms with van der Waals surface area (Å²) in [6, 6.07) is 0. The number of carbonyl (C=O) groups is 1. The lowest BCUT2D eigenvalue weighted by Crippen LogP contribution is -2.35. The highest BCUT2D eigenvalue weighted by Crippen LogP contribution is 2.41. The molecule has 1 aliphatic carbocycles. The Morgan fingerprint density at radius 3 is 2.88 bits per heavy atom. The average molecular weight is 378 g/mol. The number of methoxy groups -OCH3 is 1. The number of rotatable bonds is 5. The van der Waals surface area contributed by atoms with Gasteiger partial charge in [-0.05, 0) is 36.2 Å². The van der Waals surface area contributed by atoms with E-state index in [1.54, 1.807) is 18.4 Å². The number of thiophene rings is 1. The van der Waals surface area contributed by atoms with Crippen LogP contribution in [0, 0.1) is 11.3 Å². The summed E-state index contributed by atoms with van der Waals surface area (Å²) in [5, 5.41) is 11.5. The van der Waals surface area contributed by atoms with Gasteiger partial charge in [0.25, 0.3) is 5.56 Å². The van der Waals surface area contributed by atoms with Crippen LogP contribution < -0.4 is 10.9 Å². The number of ether oxygens (including phenoxy) is 1. The number of carbonyl (C=O) groups excluding carboxylic acids is 1. The number of aryl methyl sites for hydroxylation is 1. The van der Waals surface area contributed by atoms with Crippen molar-refractivity contribution in [1.82, 2.24) is 20.3 Å². The minimum absolute atomic E-state index is 0.124. The highest BCUT2D eigenvalue weighted by atomic mass is 32.1. The monoisotopic (exact) mass is 378 g/mol. The standard InChI is InChI=1S/C18H26N4O3S/c1-18(2,3)11-5-6-12-13(9-11)26-16-15(12)17(24)22(21-20-16)10-14(23)19-7-8-25-4/h11H,5-10H2,1-4H3,(H,19,23). The molecule has 0 saturated carbocycles. The Kier molecular flexibility index (Phi) is 5.43. The predicted octanol–water partition coefficient (Wildman–Crippen LogP) is 1.77. The molecule has 1 aliphatic rings. The molecule has 26 heavy (non-hydrogen) atoms. The van der Waals surface area contributed by atoms with E-state index >= 15 is 0 Å². The largest absolute Gasteiger partial charge is 0.383 e. The average Bonchev–Trinajstić information content (AvgIpc) is 2.95. The molecule has 0 aliphatic heterocycles. The molecular formula is C18H26N4O3S. The van der Waals surface area contributed by atoms with Crippen LogP contribution in [0.15, 0.2) is 4.79 Å². The Morgan fingerprint density at radius 2 is 2.19 bits per heavy atom. The number of amides is 1. The van der Waals surface area contributed by atoms with Gasteiger partial charge in [0.15, 0.2) is 4.83 Å². The molecule has 0 bridgehead atoms. The minimum Gasteiger partial charge on any atom is -0.383 e. The van der Waals surface area contributed by atoms with Crippen molar-refractivity contribution in [3.63, 3.8) is 0 Å². The molecule has 142 valence electrons. The molecule has 2 heterocycles. The molecule has 7 nitrogen and oxygen atoms in total. The molecule has 0 aromatic carbocycles. The summed E-state index contributed by atoms with van der Waals surface area (Å²) in [6.45, 7) is 7.52. The lowest BCUT2D eigenvalue weighted by atomic mass is 9.72. The quantitative estimate of drug-likeness (QED) is 0.802. The van der Waals surface area contributed by atoms with Crippen LogP contribution in [0.3, 0.4) is 0 Å². The van der Waals surface area contributed by atoms with Crippen molar-refractivity contribution in [2.45, 2.75) is 46.6 Å². The zero-order valence-electron chi connectivity index (χ0n) is 15.8. The van der Waals surface area contributed by atoms with Crippen LogP contribution in [0.25, 0.3) is 10.2 Å². The first-order valence-corrected chi connectivity index (χ1v) is 9.76. The van der Waals surface area contributed by atoms with Gasteiger partial charge in [-0.25, -0.2) is 4.68 Å². The molecule has 2 aromatic heterocycles. The van der Waals surface area contributed by atoms with Gasteiger partial charge < -0.3 is 10.1 Å². The third kappa shape index (κ3) is 3.81. The van der Waals surface area contributed by atoms with Crippen molar-refractivity contribution in [3.8, 4) is 0 Å². The van der Waals surface area contributed by atoms with Crippen LogP contribution in [0.4, 0.5) is 0 Å². The summed E-state index contributed by atoms with van der Waals surface area (Å²) in [6.07, 6.45) is 2.94. The summed E-state index contributed by atoms with van der Waals surface area (Å²) >= 11 is 1.57. The SMILES string of the molecule is COCCNC(=O)Cn1nnc2sc3c(c2c1=O)CCC(C(C)(C)C)C3. The Labute approximate surface area is 156 Å². The Bertz CT molecular complexity index is 866. The summed E-state index contributed by atoms with van der Waals surface area (Å²) in [4.78, 5) is 26.8. The maximum atomic E-state index is 12.9. The van der Waals surface area contributed by atoms with E-state index in [-0.39, 0.29) is 23.4 Å². The normalized spacial score (nSPS) is 17.3. The zero-order chi connectivity index (χ0) is 18.9. The van der Waals surface area contributed by atoms with Gasteiger partial charge in [0.1, 0.15) is 6.54 Å². The Balaban J connectivity index is 1.86.